The van der Waals surface area contributed by atoms with Crippen molar-refractivity contribution in [3.63, 3.8) is 0 Å². The van der Waals surface area contributed by atoms with Crippen LogP contribution in [-0.2, 0) is 38.1 Å². The summed E-state index contributed by atoms with van der Waals surface area (Å²) in [5, 5.41) is 13.2. The molecular weight excluding hydrogens is 350 g/mol. The van der Waals surface area contributed by atoms with Crippen LogP contribution in [0.25, 0.3) is 0 Å². The van der Waals surface area contributed by atoms with Crippen LogP contribution in [0, 0.1) is 0 Å². The monoisotopic (exact) mass is 375 g/mol. The fourth-order valence-corrected chi connectivity index (χ4v) is 3.08. The molecule has 0 aromatic heterocycles. The molecule has 2 rings (SSSR count). The Hall–Kier alpha value is -1.59. The number of amides is 1. The SMILES string of the molecule is COC(=O)[C@@]1(OC)CC(=O)[C@@H](NC(C)=O)[C@H]([C@H](O)[C@H]2COC(C)(C)O2)O1. The molecular formula is C16H25NO9. The topological polar surface area (TPSA) is 130 Å². The fraction of sp³-hybridized carbons (Fsp3) is 0.812. The number of ether oxygens (including phenoxy) is 5. The summed E-state index contributed by atoms with van der Waals surface area (Å²) in [7, 11) is 2.31. The van der Waals surface area contributed by atoms with Gasteiger partial charge in [0.15, 0.2) is 11.6 Å². The van der Waals surface area contributed by atoms with Crippen LogP contribution in [0.4, 0.5) is 0 Å². The molecule has 2 fully saturated rings. The number of nitrogens with one attached hydrogen (secondary N) is 1. The third kappa shape index (κ3) is 4.04. The number of methoxy groups -OCH3 is 2. The lowest BCUT2D eigenvalue weighted by molar-refractivity contribution is -0.283. The molecule has 26 heavy (non-hydrogen) atoms. The van der Waals surface area contributed by atoms with Crippen molar-refractivity contribution < 1.29 is 43.2 Å². The Morgan fingerprint density at radius 1 is 1.31 bits per heavy atom. The maximum absolute atomic E-state index is 12.6. The highest BCUT2D eigenvalue weighted by atomic mass is 16.8. The highest BCUT2D eigenvalue weighted by molar-refractivity contribution is 5.94. The van der Waals surface area contributed by atoms with Gasteiger partial charge in [0.25, 0.3) is 5.79 Å². The fourth-order valence-electron chi connectivity index (χ4n) is 3.08. The first-order valence-electron chi connectivity index (χ1n) is 8.16. The summed E-state index contributed by atoms with van der Waals surface area (Å²) in [6.45, 7) is 4.62. The molecule has 0 aromatic rings. The molecule has 2 saturated heterocycles. The van der Waals surface area contributed by atoms with Crippen LogP contribution in [0.5, 0.6) is 0 Å². The molecule has 10 nitrogen and oxygen atoms in total. The lowest BCUT2D eigenvalue weighted by Crippen LogP contribution is -2.66. The molecule has 2 aliphatic rings. The van der Waals surface area contributed by atoms with Crippen molar-refractivity contribution in [1.29, 1.82) is 0 Å². The van der Waals surface area contributed by atoms with Gasteiger partial charge < -0.3 is 34.1 Å². The molecule has 5 atom stereocenters. The molecule has 0 bridgehead atoms. The average molecular weight is 375 g/mol. The summed E-state index contributed by atoms with van der Waals surface area (Å²) in [6, 6.07) is -1.18. The van der Waals surface area contributed by atoms with Crippen molar-refractivity contribution in [2.45, 2.75) is 63.1 Å². The minimum Gasteiger partial charge on any atom is -0.465 e. The summed E-state index contributed by atoms with van der Waals surface area (Å²) in [6.07, 6.45) is -3.99. The summed E-state index contributed by atoms with van der Waals surface area (Å²) >= 11 is 0. The predicted octanol–water partition coefficient (Wildman–Crippen LogP) is -1.12. The van der Waals surface area contributed by atoms with Crippen LogP contribution < -0.4 is 5.32 Å². The van der Waals surface area contributed by atoms with Gasteiger partial charge in [-0.25, -0.2) is 4.79 Å². The van der Waals surface area contributed by atoms with Gasteiger partial charge in [0.2, 0.25) is 5.91 Å². The molecule has 2 N–H and O–H groups in total. The van der Waals surface area contributed by atoms with E-state index in [-0.39, 0.29) is 6.61 Å². The number of esters is 1. The van der Waals surface area contributed by atoms with E-state index < -0.39 is 60.0 Å². The molecule has 148 valence electrons. The Morgan fingerprint density at radius 3 is 2.42 bits per heavy atom. The molecule has 0 aromatic carbocycles. The number of hydrogen-bond acceptors (Lipinski definition) is 9. The van der Waals surface area contributed by atoms with Crippen LogP contribution in [-0.4, -0.2) is 79.5 Å². The van der Waals surface area contributed by atoms with Gasteiger partial charge >= 0.3 is 5.97 Å². The van der Waals surface area contributed by atoms with E-state index in [1.165, 1.54) is 14.0 Å². The quantitative estimate of drug-likeness (QED) is 0.574. The second-order valence-electron chi connectivity index (χ2n) is 6.71. The van der Waals surface area contributed by atoms with E-state index in [1.807, 2.05) is 0 Å². The first-order valence-corrected chi connectivity index (χ1v) is 8.16. The Kier molecular flexibility index (Phi) is 6.03. The van der Waals surface area contributed by atoms with Crippen molar-refractivity contribution in [1.82, 2.24) is 5.32 Å². The molecule has 0 spiro atoms. The number of rotatable bonds is 5. The Balaban J connectivity index is 2.33. The summed E-state index contributed by atoms with van der Waals surface area (Å²) in [5.74, 6) is -4.89. The number of hydrogen-bond donors (Lipinski definition) is 2. The number of carbonyl (C=O) groups excluding carboxylic acids is 3. The summed E-state index contributed by atoms with van der Waals surface area (Å²) in [5.41, 5.74) is 0. The summed E-state index contributed by atoms with van der Waals surface area (Å²) in [4.78, 5) is 36.2. The van der Waals surface area contributed by atoms with Gasteiger partial charge in [0.05, 0.1) is 20.1 Å². The molecule has 0 unspecified atom stereocenters. The van der Waals surface area contributed by atoms with Crippen molar-refractivity contribution in [3.8, 4) is 0 Å². The lowest BCUT2D eigenvalue weighted by Gasteiger charge is -2.43. The maximum Gasteiger partial charge on any atom is 0.367 e. The number of Topliss-reactive ketones (excluding diaryl/α,β-unsaturated/α-hetero) is 1. The normalized spacial score (nSPS) is 35.0. The van der Waals surface area contributed by atoms with E-state index in [0.29, 0.717) is 0 Å². The van der Waals surface area contributed by atoms with Crippen molar-refractivity contribution in [3.05, 3.63) is 0 Å². The zero-order valence-electron chi connectivity index (χ0n) is 15.4. The van der Waals surface area contributed by atoms with Crippen LogP contribution in [0.3, 0.4) is 0 Å². The van der Waals surface area contributed by atoms with Crippen LogP contribution in [0.15, 0.2) is 0 Å². The Bertz CT molecular complexity index is 578. The number of ketones is 1. The van der Waals surface area contributed by atoms with E-state index in [9.17, 15) is 19.5 Å². The smallest absolute Gasteiger partial charge is 0.367 e. The molecule has 2 heterocycles. The van der Waals surface area contributed by atoms with Crippen LogP contribution in [0.1, 0.15) is 27.2 Å². The highest BCUT2D eigenvalue weighted by Crippen LogP contribution is 2.34. The van der Waals surface area contributed by atoms with Crippen LogP contribution >= 0.6 is 0 Å². The first kappa shape index (κ1) is 20.7. The van der Waals surface area contributed by atoms with E-state index in [4.69, 9.17) is 18.9 Å². The zero-order valence-corrected chi connectivity index (χ0v) is 15.4. The molecule has 10 heteroatoms. The number of carbonyl (C=O) groups is 3. The van der Waals surface area contributed by atoms with Gasteiger partial charge in [-0.1, -0.05) is 0 Å². The van der Waals surface area contributed by atoms with E-state index >= 15 is 0 Å². The van der Waals surface area contributed by atoms with Crippen molar-refractivity contribution in [2.75, 3.05) is 20.8 Å². The maximum atomic E-state index is 12.6. The average Bonchev–Trinajstić information content (AvgIpc) is 2.94. The second kappa shape index (κ2) is 7.57. The van der Waals surface area contributed by atoms with Gasteiger partial charge in [0, 0.05) is 14.0 Å². The van der Waals surface area contributed by atoms with Gasteiger partial charge in [-0.2, -0.15) is 0 Å². The lowest BCUT2D eigenvalue weighted by atomic mass is 9.89. The second-order valence-corrected chi connectivity index (χ2v) is 6.71. The number of aliphatic hydroxyl groups is 1. The van der Waals surface area contributed by atoms with E-state index in [2.05, 4.69) is 10.1 Å². The molecule has 1 amide bonds. The molecule has 0 aliphatic carbocycles. The predicted molar refractivity (Wildman–Crippen MR) is 84.8 cm³/mol. The molecule has 2 aliphatic heterocycles. The minimum absolute atomic E-state index is 0.0488. The largest absolute Gasteiger partial charge is 0.465 e. The van der Waals surface area contributed by atoms with Crippen LogP contribution in [0.2, 0.25) is 0 Å². The molecule has 0 radical (unpaired) electrons. The minimum atomic E-state index is -2.01. The third-order valence-corrected chi connectivity index (χ3v) is 4.34. The van der Waals surface area contributed by atoms with Gasteiger partial charge in [-0.05, 0) is 13.8 Å². The number of aliphatic hydroxyl groups excluding tert-OH is 1. The van der Waals surface area contributed by atoms with Gasteiger partial charge in [-0.15, -0.1) is 0 Å². The zero-order chi connectivity index (χ0) is 19.7. The van der Waals surface area contributed by atoms with E-state index in [1.54, 1.807) is 13.8 Å². The first-order chi connectivity index (χ1) is 12.0. The highest BCUT2D eigenvalue weighted by Gasteiger charge is 2.56. The third-order valence-electron chi connectivity index (χ3n) is 4.34. The van der Waals surface area contributed by atoms with Crippen molar-refractivity contribution >= 4 is 17.7 Å². The molecule has 0 saturated carbocycles. The Labute approximate surface area is 151 Å². The van der Waals surface area contributed by atoms with Gasteiger partial charge in [0.1, 0.15) is 24.4 Å². The Morgan fingerprint density at radius 2 is 1.96 bits per heavy atom. The van der Waals surface area contributed by atoms with Gasteiger partial charge in [-0.3, -0.25) is 9.59 Å². The summed E-state index contributed by atoms with van der Waals surface area (Å²) < 4.78 is 26.5. The standard InChI is InChI=1S/C16H25NO9/c1-8(18)17-11-9(19)6-16(23-5,14(21)22-4)26-13(11)12(20)10-7-24-15(2,3)25-10/h10-13,20H,6-7H2,1-5H3,(H,17,18)/t10-,11-,12-,13-,16-/m1/s1. The van der Waals surface area contributed by atoms with E-state index in [0.717, 1.165) is 7.11 Å². The van der Waals surface area contributed by atoms with Crippen molar-refractivity contribution in [2.24, 2.45) is 0 Å².